The Labute approximate surface area is 257 Å². The Balaban J connectivity index is 0.000000305. The number of hydrogen-bond acceptors (Lipinski definition) is 6. The number of carboxylic acid groups (broad SMARTS) is 1. The summed E-state index contributed by atoms with van der Waals surface area (Å²) in [6, 6.07) is 26.7. The normalized spacial score (nSPS) is 11.5. The zero-order chi connectivity index (χ0) is 31.1. The largest absolute Gasteiger partial charge is 0.480 e. The van der Waals surface area contributed by atoms with Crippen molar-refractivity contribution in [1.82, 2.24) is 30.7 Å². The molecule has 5 aromatic rings. The second kappa shape index (κ2) is 16.8. The van der Waals surface area contributed by atoms with Crippen molar-refractivity contribution in [2.45, 2.75) is 45.1 Å². The first-order valence-electron chi connectivity index (χ1n) is 14.7. The lowest BCUT2D eigenvalue weighted by Gasteiger charge is -2.15. The van der Waals surface area contributed by atoms with Crippen molar-refractivity contribution in [3.05, 3.63) is 125 Å². The fraction of sp³-hybridized carbons (Fsp3) is 0.265. The van der Waals surface area contributed by atoms with Gasteiger partial charge in [-0.05, 0) is 71.6 Å². The van der Waals surface area contributed by atoms with Crippen molar-refractivity contribution < 1.29 is 14.7 Å². The average molecular weight is 596 g/mol. The molecule has 44 heavy (non-hydrogen) atoms. The fourth-order valence-electron chi connectivity index (χ4n) is 4.80. The van der Waals surface area contributed by atoms with Gasteiger partial charge in [0.05, 0.1) is 5.69 Å². The van der Waals surface area contributed by atoms with Crippen LogP contribution in [0.3, 0.4) is 0 Å². The van der Waals surface area contributed by atoms with E-state index in [1.807, 2.05) is 66.3 Å². The number of nitrogens with zero attached hydrogens (tertiary/aromatic N) is 2. The molecule has 10 nitrogen and oxygen atoms in total. The highest BCUT2D eigenvalue weighted by molar-refractivity contribution is 5.96. The summed E-state index contributed by atoms with van der Waals surface area (Å²) in [4.78, 5) is 24.1. The number of hydrogen-bond donors (Lipinski definition) is 6. The average Bonchev–Trinajstić information content (AvgIpc) is 3.72. The molecule has 0 unspecified atom stereocenters. The van der Waals surface area contributed by atoms with Gasteiger partial charge in [0.25, 0.3) is 5.91 Å². The van der Waals surface area contributed by atoms with Gasteiger partial charge in [0.2, 0.25) is 0 Å². The van der Waals surface area contributed by atoms with E-state index in [9.17, 15) is 14.7 Å². The van der Waals surface area contributed by atoms with Crippen LogP contribution in [0, 0.1) is 0 Å². The summed E-state index contributed by atoms with van der Waals surface area (Å²) in [5, 5.41) is 28.1. The Morgan fingerprint density at radius 2 is 1.73 bits per heavy atom. The molecule has 0 aliphatic rings. The fourth-order valence-corrected chi connectivity index (χ4v) is 4.80. The second-order valence-corrected chi connectivity index (χ2v) is 10.5. The van der Waals surface area contributed by atoms with Crippen LogP contribution >= 0.6 is 0 Å². The molecule has 0 aliphatic carbocycles. The molecule has 1 atom stereocenters. The number of benzene rings is 3. The van der Waals surface area contributed by atoms with E-state index in [0.29, 0.717) is 44.6 Å². The van der Waals surface area contributed by atoms with Crippen LogP contribution in [0.5, 0.6) is 0 Å². The molecule has 2 heterocycles. The van der Waals surface area contributed by atoms with Crippen LogP contribution < -0.4 is 21.7 Å². The lowest BCUT2D eigenvalue weighted by Crippen LogP contribution is -2.41. The summed E-state index contributed by atoms with van der Waals surface area (Å²) in [5.41, 5.74) is 10.4. The molecule has 5 rings (SSSR count). The van der Waals surface area contributed by atoms with Gasteiger partial charge in [-0.2, -0.15) is 5.10 Å². The minimum absolute atomic E-state index is 0.358. The molecule has 0 saturated carbocycles. The number of aryl methyl sites for hydroxylation is 1. The van der Waals surface area contributed by atoms with Crippen molar-refractivity contribution >= 4 is 22.6 Å². The number of aromatic nitrogens is 3. The first kappa shape index (κ1) is 32.2. The van der Waals surface area contributed by atoms with E-state index in [0.717, 1.165) is 23.5 Å². The Kier molecular flexibility index (Phi) is 12.2. The predicted molar refractivity (Wildman–Crippen MR) is 173 cm³/mol. The van der Waals surface area contributed by atoms with Crippen LogP contribution in [0.1, 0.15) is 45.7 Å². The molecule has 2 aromatic heterocycles. The number of nitrogens with two attached hydrogens (primary N) is 1. The maximum absolute atomic E-state index is 12.5. The molecule has 3 aromatic carbocycles. The highest BCUT2D eigenvalue weighted by Gasteiger charge is 2.20. The third kappa shape index (κ3) is 9.63. The van der Waals surface area contributed by atoms with Gasteiger partial charge in [-0.15, -0.1) is 0 Å². The van der Waals surface area contributed by atoms with Gasteiger partial charge >= 0.3 is 5.97 Å². The summed E-state index contributed by atoms with van der Waals surface area (Å²) in [6.45, 7) is 3.29. The number of rotatable bonds is 14. The molecular formula is C34H41N7O3. The standard InChI is InChI=1S/C23H30N6O3.C11H11N/c1-29-13-3-4-20(29)16-24-11-2-5-21(23(31)32)27-22(30)18-8-6-17(7-9-18)14-25-15-19-10-12-26-28-19;12-8-10-6-3-5-9-4-1-2-7-11(9)10/h3-4,6-10,12-13,21,24-25H,2,5,11,14-16H2,1H3,(H,26,28)(H,27,30)(H,31,32);1-7H,8,12H2/t21-;/m0./s1. The van der Waals surface area contributed by atoms with Gasteiger partial charge in [0.1, 0.15) is 6.04 Å². The summed E-state index contributed by atoms with van der Waals surface area (Å²) in [6.07, 6.45) is 4.76. The van der Waals surface area contributed by atoms with E-state index in [1.165, 1.54) is 16.3 Å². The van der Waals surface area contributed by atoms with Crippen LogP contribution in [0.4, 0.5) is 0 Å². The van der Waals surface area contributed by atoms with Gasteiger partial charge in [0.15, 0.2) is 0 Å². The molecule has 230 valence electrons. The van der Waals surface area contributed by atoms with E-state index in [-0.39, 0.29) is 5.91 Å². The summed E-state index contributed by atoms with van der Waals surface area (Å²) >= 11 is 0. The Morgan fingerprint density at radius 3 is 2.43 bits per heavy atom. The summed E-state index contributed by atoms with van der Waals surface area (Å²) in [5.74, 6) is -1.41. The van der Waals surface area contributed by atoms with Gasteiger partial charge in [-0.1, -0.05) is 54.6 Å². The van der Waals surface area contributed by atoms with Crippen molar-refractivity contribution in [2.24, 2.45) is 12.8 Å². The van der Waals surface area contributed by atoms with Crippen LogP contribution in [0.15, 0.2) is 97.3 Å². The minimum atomic E-state index is -1.03. The topological polar surface area (TPSA) is 150 Å². The molecule has 0 spiro atoms. The number of carbonyl (C=O) groups is 2. The molecule has 0 aliphatic heterocycles. The smallest absolute Gasteiger partial charge is 0.326 e. The number of H-pyrrole nitrogens is 1. The molecule has 0 fully saturated rings. The van der Waals surface area contributed by atoms with E-state index in [2.05, 4.69) is 50.4 Å². The molecule has 0 radical (unpaired) electrons. The third-order valence-corrected chi connectivity index (χ3v) is 7.32. The van der Waals surface area contributed by atoms with Gasteiger partial charge < -0.3 is 31.4 Å². The molecule has 0 saturated heterocycles. The van der Waals surface area contributed by atoms with Crippen molar-refractivity contribution in [2.75, 3.05) is 6.54 Å². The van der Waals surface area contributed by atoms with Crippen molar-refractivity contribution in [1.29, 1.82) is 0 Å². The third-order valence-electron chi connectivity index (χ3n) is 7.32. The lowest BCUT2D eigenvalue weighted by molar-refractivity contribution is -0.139. The number of aliphatic carboxylic acids is 1. The van der Waals surface area contributed by atoms with Gasteiger partial charge in [0, 0.05) is 56.9 Å². The number of nitrogens with one attached hydrogen (secondary N) is 4. The number of carboxylic acids is 1. The molecule has 7 N–H and O–H groups in total. The maximum atomic E-state index is 12.5. The van der Waals surface area contributed by atoms with E-state index >= 15 is 0 Å². The molecular weight excluding hydrogens is 554 g/mol. The maximum Gasteiger partial charge on any atom is 0.326 e. The van der Waals surface area contributed by atoms with Gasteiger partial charge in [-0.3, -0.25) is 9.89 Å². The second-order valence-electron chi connectivity index (χ2n) is 10.5. The summed E-state index contributed by atoms with van der Waals surface area (Å²) < 4.78 is 2.04. The zero-order valence-corrected chi connectivity index (χ0v) is 25.0. The minimum Gasteiger partial charge on any atom is -0.480 e. The number of carbonyl (C=O) groups excluding carboxylic acids is 1. The first-order chi connectivity index (χ1) is 21.4. The van der Waals surface area contributed by atoms with E-state index in [1.54, 1.807) is 18.3 Å². The first-order valence-corrected chi connectivity index (χ1v) is 14.7. The molecule has 0 bridgehead atoms. The van der Waals surface area contributed by atoms with E-state index in [4.69, 9.17) is 5.73 Å². The summed E-state index contributed by atoms with van der Waals surface area (Å²) in [7, 11) is 1.98. The Morgan fingerprint density at radius 1 is 0.932 bits per heavy atom. The Bertz CT molecular complexity index is 1590. The molecule has 10 heteroatoms. The molecule has 1 amide bonds. The predicted octanol–water partition coefficient (Wildman–Crippen LogP) is 4.09. The van der Waals surface area contributed by atoms with Gasteiger partial charge in [-0.25, -0.2) is 4.79 Å². The van der Waals surface area contributed by atoms with Crippen molar-refractivity contribution in [3.63, 3.8) is 0 Å². The Hall–Kier alpha value is -4.77. The van der Waals surface area contributed by atoms with E-state index < -0.39 is 12.0 Å². The van der Waals surface area contributed by atoms with Crippen molar-refractivity contribution in [3.8, 4) is 0 Å². The quantitative estimate of drug-likeness (QED) is 0.106. The van der Waals surface area contributed by atoms with Crippen LogP contribution in [-0.4, -0.2) is 44.3 Å². The number of aromatic amines is 1. The number of fused-ring (bicyclic) bond motifs is 1. The van der Waals surface area contributed by atoms with Crippen LogP contribution in [-0.2, 0) is 38.0 Å². The zero-order valence-electron chi connectivity index (χ0n) is 25.0. The van der Waals surface area contributed by atoms with Crippen LogP contribution in [0.2, 0.25) is 0 Å². The monoisotopic (exact) mass is 595 g/mol. The SMILES string of the molecule is Cn1cccc1CNCCC[C@H](NC(=O)c1ccc(CNCc2cc[nH]n2)cc1)C(=O)O.NCc1cccc2ccccc12. The highest BCUT2D eigenvalue weighted by atomic mass is 16.4. The number of amides is 1. The lowest BCUT2D eigenvalue weighted by atomic mass is 10.1. The highest BCUT2D eigenvalue weighted by Crippen LogP contribution is 2.17. The van der Waals surface area contributed by atoms with Crippen LogP contribution in [0.25, 0.3) is 10.8 Å².